The Balaban J connectivity index is 1.98. The van der Waals surface area contributed by atoms with Crippen molar-refractivity contribution in [2.45, 2.75) is 31.7 Å². The SMILES string of the molecule is O=C1Nc2ccc(Cl)nc2NC2CCCCC12. The van der Waals surface area contributed by atoms with Crippen LogP contribution < -0.4 is 10.6 Å². The van der Waals surface area contributed by atoms with E-state index in [1.165, 1.54) is 0 Å². The van der Waals surface area contributed by atoms with Crippen LogP contribution in [0.5, 0.6) is 0 Å². The molecule has 0 spiro atoms. The largest absolute Gasteiger partial charge is 0.365 e. The average Bonchev–Trinajstić information content (AvgIpc) is 2.46. The third-order valence-corrected chi connectivity index (χ3v) is 3.75. The number of pyridine rings is 1. The summed E-state index contributed by atoms with van der Waals surface area (Å²) in [5.41, 5.74) is 0.730. The third-order valence-electron chi connectivity index (χ3n) is 3.54. The number of aromatic nitrogens is 1. The first-order chi connectivity index (χ1) is 8.24. The van der Waals surface area contributed by atoms with Gasteiger partial charge in [-0.05, 0) is 25.0 Å². The lowest BCUT2D eigenvalue weighted by molar-refractivity contribution is -0.120. The number of carbonyl (C=O) groups excluding carboxylic acids is 1. The summed E-state index contributed by atoms with van der Waals surface area (Å²) in [6.07, 6.45) is 4.26. The van der Waals surface area contributed by atoms with Gasteiger partial charge in [-0.2, -0.15) is 0 Å². The summed E-state index contributed by atoms with van der Waals surface area (Å²) in [4.78, 5) is 16.3. The van der Waals surface area contributed by atoms with Crippen LogP contribution in [0.3, 0.4) is 0 Å². The van der Waals surface area contributed by atoms with Gasteiger partial charge in [-0.1, -0.05) is 24.4 Å². The quantitative estimate of drug-likeness (QED) is 0.697. The van der Waals surface area contributed by atoms with Crippen molar-refractivity contribution in [2.24, 2.45) is 5.92 Å². The number of nitrogens with one attached hydrogen (secondary N) is 2. The van der Waals surface area contributed by atoms with Crippen molar-refractivity contribution in [1.29, 1.82) is 0 Å². The molecule has 0 aromatic carbocycles. The normalized spacial score (nSPS) is 27.2. The number of nitrogens with zero attached hydrogens (tertiary/aromatic N) is 1. The number of halogens is 1. The molecule has 1 aliphatic carbocycles. The second kappa shape index (κ2) is 4.18. The zero-order valence-electron chi connectivity index (χ0n) is 9.37. The average molecular weight is 252 g/mol. The molecule has 1 amide bonds. The summed E-state index contributed by atoms with van der Waals surface area (Å²) < 4.78 is 0. The minimum atomic E-state index is 0.0525. The topological polar surface area (TPSA) is 54.0 Å². The molecule has 1 aliphatic heterocycles. The zero-order valence-corrected chi connectivity index (χ0v) is 10.1. The molecule has 2 aliphatic rings. The minimum Gasteiger partial charge on any atom is -0.365 e. The maximum atomic E-state index is 12.1. The Morgan fingerprint density at radius 1 is 1.29 bits per heavy atom. The molecule has 0 bridgehead atoms. The molecule has 2 N–H and O–H groups in total. The van der Waals surface area contributed by atoms with Gasteiger partial charge < -0.3 is 10.6 Å². The first kappa shape index (κ1) is 10.8. The van der Waals surface area contributed by atoms with Crippen molar-refractivity contribution in [3.05, 3.63) is 17.3 Å². The monoisotopic (exact) mass is 251 g/mol. The number of amides is 1. The van der Waals surface area contributed by atoms with Crippen LogP contribution in [-0.4, -0.2) is 16.9 Å². The van der Waals surface area contributed by atoms with E-state index in [2.05, 4.69) is 15.6 Å². The summed E-state index contributed by atoms with van der Waals surface area (Å²) in [6.45, 7) is 0. The fraction of sp³-hybridized carbons (Fsp3) is 0.500. The molecule has 1 aromatic heterocycles. The lowest BCUT2D eigenvalue weighted by atomic mass is 9.84. The number of anilines is 2. The molecule has 0 saturated heterocycles. The van der Waals surface area contributed by atoms with Crippen LogP contribution in [0.15, 0.2) is 12.1 Å². The summed E-state index contributed by atoms with van der Waals surface area (Å²) in [7, 11) is 0. The van der Waals surface area contributed by atoms with Gasteiger partial charge >= 0.3 is 0 Å². The van der Waals surface area contributed by atoms with Gasteiger partial charge in [-0.25, -0.2) is 4.98 Å². The van der Waals surface area contributed by atoms with Gasteiger partial charge in [0.05, 0.1) is 11.6 Å². The van der Waals surface area contributed by atoms with Crippen LogP contribution in [0.25, 0.3) is 0 Å². The molecule has 5 heteroatoms. The van der Waals surface area contributed by atoms with Gasteiger partial charge in [-0.3, -0.25) is 4.79 Å². The van der Waals surface area contributed by atoms with Crippen molar-refractivity contribution < 1.29 is 4.79 Å². The van der Waals surface area contributed by atoms with E-state index in [1.54, 1.807) is 12.1 Å². The van der Waals surface area contributed by atoms with E-state index in [-0.39, 0.29) is 17.9 Å². The van der Waals surface area contributed by atoms with E-state index in [0.717, 1.165) is 31.4 Å². The first-order valence-corrected chi connectivity index (χ1v) is 6.36. The number of rotatable bonds is 0. The lowest BCUT2D eigenvalue weighted by Gasteiger charge is -2.28. The van der Waals surface area contributed by atoms with Gasteiger partial charge in [0.1, 0.15) is 5.15 Å². The molecule has 3 rings (SSSR count). The Kier molecular flexibility index (Phi) is 2.67. The first-order valence-electron chi connectivity index (χ1n) is 5.98. The second-order valence-corrected chi connectivity index (χ2v) is 5.05. The van der Waals surface area contributed by atoms with Crippen LogP contribution >= 0.6 is 11.6 Å². The number of carbonyl (C=O) groups is 1. The number of hydrogen-bond donors (Lipinski definition) is 2. The van der Waals surface area contributed by atoms with Crippen molar-refractivity contribution >= 4 is 29.0 Å². The number of hydrogen-bond acceptors (Lipinski definition) is 3. The zero-order chi connectivity index (χ0) is 11.8. The van der Waals surface area contributed by atoms with Gasteiger partial charge in [0.15, 0.2) is 5.82 Å². The van der Waals surface area contributed by atoms with Crippen molar-refractivity contribution in [3.63, 3.8) is 0 Å². The summed E-state index contributed by atoms with van der Waals surface area (Å²) in [5.74, 6) is 0.849. The molecule has 2 heterocycles. The van der Waals surface area contributed by atoms with Crippen molar-refractivity contribution in [2.75, 3.05) is 10.6 Å². The molecular formula is C12H14ClN3O. The highest BCUT2D eigenvalue weighted by Gasteiger charge is 2.34. The van der Waals surface area contributed by atoms with Crippen LogP contribution in [-0.2, 0) is 4.79 Å². The van der Waals surface area contributed by atoms with Gasteiger partial charge in [0.2, 0.25) is 5.91 Å². The molecule has 2 atom stereocenters. The highest BCUT2D eigenvalue weighted by molar-refractivity contribution is 6.29. The Bertz CT molecular complexity index is 463. The maximum Gasteiger partial charge on any atom is 0.229 e. The Morgan fingerprint density at radius 2 is 2.12 bits per heavy atom. The molecule has 0 radical (unpaired) electrons. The highest BCUT2D eigenvalue weighted by atomic mass is 35.5. The van der Waals surface area contributed by atoms with Crippen molar-refractivity contribution in [1.82, 2.24) is 4.98 Å². The molecule has 1 aromatic rings. The Morgan fingerprint density at radius 3 is 3.00 bits per heavy atom. The standard InChI is InChI=1S/C12H14ClN3O/c13-10-6-5-9-11(16-10)14-8-4-2-1-3-7(8)12(17)15-9/h5-8H,1-4H2,(H,14,16)(H,15,17). The molecular weight excluding hydrogens is 238 g/mol. The summed E-state index contributed by atoms with van der Waals surface area (Å²) in [5, 5.41) is 6.72. The van der Waals surface area contributed by atoms with Crippen molar-refractivity contribution in [3.8, 4) is 0 Å². The number of fused-ring (bicyclic) bond motifs is 2. The third kappa shape index (κ3) is 1.97. The molecule has 17 heavy (non-hydrogen) atoms. The van der Waals surface area contributed by atoms with E-state index in [9.17, 15) is 4.79 Å². The molecule has 1 fully saturated rings. The predicted molar refractivity (Wildman–Crippen MR) is 67.2 cm³/mol. The Labute approximate surface area is 105 Å². The second-order valence-electron chi connectivity index (χ2n) is 4.66. The van der Waals surface area contributed by atoms with Crippen LogP contribution in [0.1, 0.15) is 25.7 Å². The van der Waals surface area contributed by atoms with Crippen LogP contribution in [0, 0.1) is 5.92 Å². The smallest absolute Gasteiger partial charge is 0.229 e. The summed E-state index contributed by atoms with van der Waals surface area (Å²) >= 11 is 5.88. The minimum absolute atomic E-state index is 0.0525. The molecule has 4 nitrogen and oxygen atoms in total. The Hall–Kier alpha value is -1.29. The van der Waals surface area contributed by atoms with E-state index in [0.29, 0.717) is 11.0 Å². The van der Waals surface area contributed by atoms with Crippen LogP contribution in [0.4, 0.5) is 11.5 Å². The fourth-order valence-electron chi connectivity index (χ4n) is 2.66. The summed E-state index contributed by atoms with van der Waals surface area (Å²) in [6, 6.07) is 3.68. The van der Waals surface area contributed by atoms with E-state index in [1.807, 2.05) is 0 Å². The van der Waals surface area contributed by atoms with E-state index < -0.39 is 0 Å². The molecule has 90 valence electrons. The predicted octanol–water partition coefficient (Wildman–Crippen LogP) is 2.66. The molecule has 2 unspecified atom stereocenters. The lowest BCUT2D eigenvalue weighted by Crippen LogP contribution is -2.37. The highest BCUT2D eigenvalue weighted by Crippen LogP contribution is 2.34. The van der Waals surface area contributed by atoms with Gasteiger partial charge in [0.25, 0.3) is 0 Å². The molecule has 1 saturated carbocycles. The maximum absolute atomic E-state index is 12.1. The van der Waals surface area contributed by atoms with E-state index in [4.69, 9.17) is 11.6 Å². The van der Waals surface area contributed by atoms with E-state index >= 15 is 0 Å². The van der Waals surface area contributed by atoms with Crippen LogP contribution in [0.2, 0.25) is 5.15 Å². The fourth-order valence-corrected chi connectivity index (χ4v) is 2.81. The van der Waals surface area contributed by atoms with Gasteiger partial charge in [0, 0.05) is 6.04 Å². The van der Waals surface area contributed by atoms with Gasteiger partial charge in [-0.15, -0.1) is 0 Å².